The number of hydrogen-bond donors (Lipinski definition) is 3. The van der Waals surface area contributed by atoms with Gasteiger partial charge in [0, 0.05) is 23.0 Å². The van der Waals surface area contributed by atoms with E-state index in [0.717, 1.165) is 29.7 Å². The summed E-state index contributed by atoms with van der Waals surface area (Å²) in [6.45, 7) is -0.00221. The predicted molar refractivity (Wildman–Crippen MR) is 167 cm³/mol. The van der Waals surface area contributed by atoms with Gasteiger partial charge < -0.3 is 25.4 Å². The van der Waals surface area contributed by atoms with Crippen LogP contribution in [0.25, 0.3) is 10.2 Å². The van der Waals surface area contributed by atoms with Gasteiger partial charge >= 0.3 is 12.1 Å². The molecule has 244 valence electrons. The van der Waals surface area contributed by atoms with Crippen molar-refractivity contribution in [1.29, 1.82) is 0 Å². The first-order valence-corrected chi connectivity index (χ1v) is 16.3. The van der Waals surface area contributed by atoms with Crippen LogP contribution in [0.4, 0.5) is 18.9 Å². The number of amides is 2. The Morgan fingerprint density at radius 2 is 2.00 bits per heavy atom. The summed E-state index contributed by atoms with van der Waals surface area (Å²) >= 11 is 7.38. The molecule has 1 aliphatic carbocycles. The predicted octanol–water partition coefficient (Wildman–Crippen LogP) is 6.28. The van der Waals surface area contributed by atoms with Crippen LogP contribution in [0.5, 0.6) is 5.19 Å². The highest BCUT2D eigenvalue weighted by atomic mass is 35.5. The molecule has 0 radical (unpaired) electrons. The van der Waals surface area contributed by atoms with E-state index < -0.39 is 53.2 Å². The van der Waals surface area contributed by atoms with Crippen molar-refractivity contribution < 1.29 is 37.4 Å². The number of rotatable bonds is 5. The minimum absolute atomic E-state index is 0.00221. The molecule has 2 fully saturated rings. The second kappa shape index (κ2) is 12.7. The van der Waals surface area contributed by atoms with E-state index in [0.29, 0.717) is 35.0 Å². The van der Waals surface area contributed by atoms with E-state index in [1.165, 1.54) is 28.4 Å². The summed E-state index contributed by atoms with van der Waals surface area (Å²) in [6, 6.07) is 7.86. The van der Waals surface area contributed by atoms with Gasteiger partial charge in [-0.15, -0.1) is 0 Å². The molecule has 3 heterocycles. The molecule has 14 heteroatoms. The molecular formula is C32H32ClF3N4O5S. The van der Waals surface area contributed by atoms with Gasteiger partial charge in [0.25, 0.3) is 5.19 Å². The molecule has 3 N–H and O–H groups in total. The number of ether oxygens (including phenoxy) is 1. The van der Waals surface area contributed by atoms with E-state index >= 15 is 0 Å². The number of allylic oxidation sites excluding steroid dienone is 1. The molecule has 2 aromatic carbocycles. The number of nitrogens with zero attached hydrogens (tertiary/aromatic N) is 2. The molecule has 2 amide bonds. The molecule has 2 aliphatic heterocycles. The van der Waals surface area contributed by atoms with Crippen molar-refractivity contribution in [2.24, 2.45) is 5.92 Å². The van der Waals surface area contributed by atoms with Crippen LogP contribution in [-0.4, -0.2) is 63.0 Å². The molecule has 5 atom stereocenters. The largest absolute Gasteiger partial charge is 0.479 e. The molecule has 1 saturated heterocycles. The summed E-state index contributed by atoms with van der Waals surface area (Å²) < 4.78 is 47.4. The van der Waals surface area contributed by atoms with Crippen molar-refractivity contribution in [2.75, 3.05) is 11.9 Å². The Morgan fingerprint density at radius 1 is 1.17 bits per heavy atom. The minimum atomic E-state index is -4.56. The molecular weight excluding hydrogens is 645 g/mol. The topological polar surface area (TPSA) is 121 Å². The molecule has 6 rings (SSSR count). The molecule has 9 nitrogen and oxygen atoms in total. The number of hydrogen-bond acceptors (Lipinski definition) is 7. The standard InChI is InChI=1S/C32H32ClF3N4O5S/c33-20-11-12-23-26(14-20)46-30(38-23)45-22-15-25-27(41)39-31(29(43)44)16-19(31)7-4-2-1-3-5-10-24(28(42)40(25)17-22)37-21-9-6-8-18(13-21)32(34,35)36/h4,6-9,11-14,19,22,24-25,37H,1-3,5,10,15-17H2,(H,39,41)(H,43,44)/t19-,22-,24+,25+,31-/m1/s1. The van der Waals surface area contributed by atoms with Crippen molar-refractivity contribution in [3.05, 3.63) is 65.2 Å². The van der Waals surface area contributed by atoms with Crippen LogP contribution in [0.2, 0.25) is 5.02 Å². The number of anilines is 1. The highest BCUT2D eigenvalue weighted by Gasteiger charge is 2.61. The second-order valence-corrected chi connectivity index (χ2v) is 13.4. The van der Waals surface area contributed by atoms with Crippen molar-refractivity contribution in [3.8, 4) is 5.19 Å². The van der Waals surface area contributed by atoms with Crippen LogP contribution < -0.4 is 15.4 Å². The summed E-state index contributed by atoms with van der Waals surface area (Å²) in [4.78, 5) is 46.2. The molecule has 3 aromatic rings. The Balaban J connectivity index is 1.30. The number of alkyl halides is 3. The van der Waals surface area contributed by atoms with E-state index in [2.05, 4.69) is 15.6 Å². The van der Waals surface area contributed by atoms with E-state index in [-0.39, 0.29) is 31.0 Å². The Kier molecular flexibility index (Phi) is 8.90. The summed E-state index contributed by atoms with van der Waals surface area (Å²) in [5.41, 5.74) is -1.52. The molecule has 3 aliphatic rings. The first-order valence-electron chi connectivity index (χ1n) is 15.1. The highest BCUT2D eigenvalue weighted by molar-refractivity contribution is 7.20. The third-order valence-corrected chi connectivity index (χ3v) is 9.89. The Labute approximate surface area is 271 Å². The van der Waals surface area contributed by atoms with E-state index in [9.17, 15) is 32.7 Å². The zero-order chi connectivity index (χ0) is 32.6. The fourth-order valence-corrected chi connectivity index (χ4v) is 7.36. The maximum absolute atomic E-state index is 14.2. The van der Waals surface area contributed by atoms with Crippen LogP contribution in [0, 0.1) is 5.92 Å². The molecule has 46 heavy (non-hydrogen) atoms. The van der Waals surface area contributed by atoms with Gasteiger partial charge in [-0.25, -0.2) is 9.78 Å². The van der Waals surface area contributed by atoms with Crippen LogP contribution in [0.3, 0.4) is 0 Å². The van der Waals surface area contributed by atoms with Crippen molar-refractivity contribution in [2.45, 2.75) is 74.8 Å². The zero-order valence-corrected chi connectivity index (χ0v) is 26.1. The number of carbonyl (C=O) groups excluding carboxylic acids is 2. The van der Waals surface area contributed by atoms with Gasteiger partial charge in [0.15, 0.2) is 0 Å². The average molecular weight is 677 g/mol. The molecule has 0 bridgehead atoms. The summed E-state index contributed by atoms with van der Waals surface area (Å²) in [6.07, 6.45) is 2.00. The molecule has 1 aromatic heterocycles. The number of benzene rings is 2. The number of halogens is 4. The average Bonchev–Trinajstić information content (AvgIpc) is 3.32. The van der Waals surface area contributed by atoms with Gasteiger partial charge in [-0.2, -0.15) is 13.2 Å². The van der Waals surface area contributed by atoms with Gasteiger partial charge in [-0.3, -0.25) is 9.59 Å². The smallest absolute Gasteiger partial charge is 0.416 e. The van der Waals surface area contributed by atoms with E-state index in [4.69, 9.17) is 16.3 Å². The van der Waals surface area contributed by atoms with Crippen LogP contribution in [-0.2, 0) is 20.6 Å². The van der Waals surface area contributed by atoms with Crippen LogP contribution >= 0.6 is 22.9 Å². The number of fused-ring (bicyclic) bond motifs is 3. The Morgan fingerprint density at radius 3 is 2.78 bits per heavy atom. The van der Waals surface area contributed by atoms with Gasteiger partial charge in [-0.1, -0.05) is 54.0 Å². The second-order valence-electron chi connectivity index (χ2n) is 12.0. The fourth-order valence-electron chi connectivity index (χ4n) is 6.20. The monoisotopic (exact) mass is 676 g/mol. The van der Waals surface area contributed by atoms with Crippen molar-refractivity contribution in [1.82, 2.24) is 15.2 Å². The first kappa shape index (κ1) is 32.1. The van der Waals surface area contributed by atoms with Crippen molar-refractivity contribution in [3.63, 3.8) is 0 Å². The van der Waals surface area contributed by atoms with Crippen molar-refractivity contribution >= 4 is 56.6 Å². The third-order valence-electron chi connectivity index (χ3n) is 8.75. The number of aliphatic carboxylic acids is 1. The van der Waals surface area contributed by atoms with Gasteiger partial charge in [-0.05, 0) is 62.1 Å². The van der Waals surface area contributed by atoms with E-state index in [1.807, 2.05) is 12.2 Å². The summed E-state index contributed by atoms with van der Waals surface area (Å²) in [5.74, 6) is -2.63. The highest BCUT2D eigenvalue weighted by Crippen LogP contribution is 2.45. The number of carbonyl (C=O) groups is 3. The lowest BCUT2D eigenvalue weighted by Gasteiger charge is -2.30. The molecule has 0 unspecified atom stereocenters. The van der Waals surface area contributed by atoms with Crippen LogP contribution in [0.1, 0.15) is 50.5 Å². The SMILES string of the molecule is O=C1N[C@]2(C(=O)O)C[C@H]2C=CCCCCC[C@H](Nc2cccc(C(F)(F)F)c2)C(=O)N2C[C@H](Oc3nc4ccc(Cl)cc4s3)C[C@@H]12. The number of aromatic nitrogens is 1. The first-order chi connectivity index (χ1) is 21.9. The summed E-state index contributed by atoms with van der Waals surface area (Å²) in [5, 5.41) is 16.6. The Hall–Kier alpha value is -3.84. The maximum Gasteiger partial charge on any atom is 0.416 e. The molecule has 1 saturated carbocycles. The van der Waals surface area contributed by atoms with Gasteiger partial charge in [0.2, 0.25) is 11.8 Å². The van der Waals surface area contributed by atoms with Gasteiger partial charge in [0.1, 0.15) is 23.7 Å². The maximum atomic E-state index is 14.2. The quantitative estimate of drug-likeness (QED) is 0.272. The number of carboxylic acid groups (broad SMARTS) is 1. The lowest BCUT2D eigenvalue weighted by Crippen LogP contribution is -2.55. The van der Waals surface area contributed by atoms with Crippen LogP contribution in [0.15, 0.2) is 54.6 Å². The molecule has 0 spiro atoms. The lowest BCUT2D eigenvalue weighted by atomic mass is 10.0. The lowest BCUT2D eigenvalue weighted by molar-refractivity contribution is -0.145. The summed E-state index contributed by atoms with van der Waals surface area (Å²) in [7, 11) is 0. The number of nitrogens with one attached hydrogen (secondary N) is 2. The fraction of sp³-hybridized carbons (Fsp3) is 0.438. The minimum Gasteiger partial charge on any atom is -0.479 e. The van der Waals surface area contributed by atoms with Gasteiger partial charge in [0.05, 0.1) is 22.3 Å². The van der Waals surface area contributed by atoms with E-state index in [1.54, 1.807) is 18.2 Å². The number of thiazole rings is 1. The Bertz CT molecular complexity index is 1680. The normalized spacial score (nSPS) is 27.3. The zero-order valence-electron chi connectivity index (χ0n) is 24.6. The third kappa shape index (κ3) is 6.80. The number of carboxylic acids is 1.